The maximum Gasteiger partial charge on any atom is 0.221 e. The summed E-state index contributed by atoms with van der Waals surface area (Å²) in [5, 5.41) is -0.852. The molecule has 0 aliphatic heterocycles. The number of nitrogens with one attached hydrogen (secondary N) is 1. The molecule has 3 atom stereocenters. The van der Waals surface area contributed by atoms with Crippen LogP contribution in [0.2, 0.25) is 0 Å². The number of nitrogens with two attached hydrogens (primary N) is 1. The monoisotopic (exact) mass is 280 g/mol. The summed E-state index contributed by atoms with van der Waals surface area (Å²) in [4.78, 5) is -0.0158. The topological polar surface area (TPSA) is 81.4 Å². The van der Waals surface area contributed by atoms with Crippen LogP contribution in [-0.4, -0.2) is 37.9 Å². The second-order valence-electron chi connectivity index (χ2n) is 5.04. The standard InChI is InChI=1S/C10H20N2O3S2/c1-6(9(11)16)17(13,14)12-7-5-8(15-4)10(7,2)3/h6-8,12H,5H2,1-4H3,(H2,11,16). The second kappa shape index (κ2) is 4.79. The van der Waals surface area contributed by atoms with Crippen LogP contribution in [0.4, 0.5) is 0 Å². The molecular formula is C10H20N2O3S2. The lowest BCUT2D eigenvalue weighted by Gasteiger charge is -2.51. The lowest BCUT2D eigenvalue weighted by Crippen LogP contribution is -2.63. The maximum absolute atomic E-state index is 11.9. The fourth-order valence-electron chi connectivity index (χ4n) is 1.94. The molecule has 0 saturated heterocycles. The Bertz CT molecular complexity index is 406. The Hall–Kier alpha value is -0.240. The van der Waals surface area contributed by atoms with Crippen molar-refractivity contribution < 1.29 is 13.2 Å². The quantitative estimate of drug-likeness (QED) is 0.712. The van der Waals surface area contributed by atoms with Crippen molar-refractivity contribution in [3.05, 3.63) is 0 Å². The highest BCUT2D eigenvalue weighted by Crippen LogP contribution is 2.42. The van der Waals surface area contributed by atoms with Gasteiger partial charge in [-0.05, 0) is 13.3 Å². The molecule has 17 heavy (non-hydrogen) atoms. The Labute approximate surface area is 108 Å². The Morgan fingerprint density at radius 3 is 2.47 bits per heavy atom. The summed E-state index contributed by atoms with van der Waals surface area (Å²) in [5.74, 6) is 0. The van der Waals surface area contributed by atoms with E-state index in [1.807, 2.05) is 13.8 Å². The number of hydrogen-bond donors (Lipinski definition) is 2. The fourth-order valence-corrected chi connectivity index (χ4v) is 3.63. The molecule has 7 heteroatoms. The molecule has 0 radical (unpaired) electrons. The summed E-state index contributed by atoms with van der Waals surface area (Å²) in [5.41, 5.74) is 5.16. The van der Waals surface area contributed by atoms with Crippen LogP contribution in [0.3, 0.4) is 0 Å². The molecule has 0 spiro atoms. The minimum atomic E-state index is -3.49. The van der Waals surface area contributed by atoms with Gasteiger partial charge in [0.15, 0.2) is 0 Å². The number of sulfonamides is 1. The first kappa shape index (κ1) is 14.8. The Balaban J connectivity index is 2.72. The van der Waals surface area contributed by atoms with Crippen molar-refractivity contribution >= 4 is 27.2 Å². The van der Waals surface area contributed by atoms with E-state index in [4.69, 9.17) is 22.7 Å². The first-order valence-corrected chi connectivity index (χ1v) is 7.41. The van der Waals surface area contributed by atoms with Crippen molar-refractivity contribution in [2.75, 3.05) is 7.11 Å². The summed E-state index contributed by atoms with van der Waals surface area (Å²) in [6, 6.07) is -0.130. The molecule has 100 valence electrons. The first-order chi connectivity index (χ1) is 7.63. The number of rotatable bonds is 5. The Morgan fingerprint density at radius 1 is 1.59 bits per heavy atom. The van der Waals surface area contributed by atoms with Crippen LogP contribution < -0.4 is 10.5 Å². The molecule has 5 nitrogen and oxygen atoms in total. The number of methoxy groups -OCH3 is 1. The molecule has 1 rings (SSSR count). The molecule has 0 aromatic heterocycles. The zero-order chi connectivity index (χ0) is 13.4. The van der Waals surface area contributed by atoms with E-state index in [9.17, 15) is 8.42 Å². The van der Waals surface area contributed by atoms with E-state index in [-0.39, 0.29) is 22.5 Å². The van der Waals surface area contributed by atoms with Gasteiger partial charge in [0.2, 0.25) is 10.0 Å². The molecule has 1 aliphatic carbocycles. The van der Waals surface area contributed by atoms with Gasteiger partial charge in [0.1, 0.15) is 5.25 Å². The average Bonchev–Trinajstić information content (AvgIpc) is 2.22. The predicted octanol–water partition coefficient (Wildman–Crippen LogP) is 0.394. The van der Waals surface area contributed by atoms with Gasteiger partial charge < -0.3 is 10.5 Å². The van der Waals surface area contributed by atoms with Crippen LogP contribution >= 0.6 is 12.2 Å². The molecule has 0 aromatic rings. The molecule has 3 unspecified atom stereocenters. The lowest BCUT2D eigenvalue weighted by molar-refractivity contribution is -0.0908. The smallest absolute Gasteiger partial charge is 0.221 e. The van der Waals surface area contributed by atoms with Crippen molar-refractivity contribution in [1.29, 1.82) is 0 Å². The van der Waals surface area contributed by atoms with Crippen molar-refractivity contribution in [1.82, 2.24) is 4.72 Å². The summed E-state index contributed by atoms with van der Waals surface area (Å²) >= 11 is 4.71. The van der Waals surface area contributed by atoms with Crippen LogP contribution in [0.5, 0.6) is 0 Å². The zero-order valence-electron chi connectivity index (χ0n) is 10.6. The van der Waals surface area contributed by atoms with Gasteiger partial charge in [-0.3, -0.25) is 0 Å². The van der Waals surface area contributed by atoms with E-state index in [1.54, 1.807) is 7.11 Å². The number of hydrogen-bond acceptors (Lipinski definition) is 4. The Morgan fingerprint density at radius 2 is 2.12 bits per heavy atom. The second-order valence-corrected chi connectivity index (χ2v) is 7.55. The first-order valence-electron chi connectivity index (χ1n) is 5.46. The lowest BCUT2D eigenvalue weighted by atomic mass is 9.65. The molecule has 1 fully saturated rings. The van der Waals surface area contributed by atoms with Crippen molar-refractivity contribution in [2.45, 2.75) is 44.6 Å². The summed E-state index contributed by atoms with van der Waals surface area (Å²) in [7, 11) is -1.86. The molecule has 0 bridgehead atoms. The summed E-state index contributed by atoms with van der Waals surface area (Å²) in [6.45, 7) is 5.44. The van der Waals surface area contributed by atoms with Gasteiger partial charge in [0.05, 0.1) is 11.1 Å². The fraction of sp³-hybridized carbons (Fsp3) is 0.900. The van der Waals surface area contributed by atoms with E-state index in [0.29, 0.717) is 6.42 Å². The normalized spacial score (nSPS) is 29.4. The van der Waals surface area contributed by atoms with Gasteiger partial charge in [0.25, 0.3) is 0 Å². The predicted molar refractivity (Wildman–Crippen MR) is 71.3 cm³/mol. The average molecular weight is 280 g/mol. The van der Waals surface area contributed by atoms with Gasteiger partial charge in [0, 0.05) is 18.6 Å². The summed E-state index contributed by atoms with van der Waals surface area (Å²) < 4.78 is 31.8. The molecule has 1 aliphatic rings. The third-order valence-electron chi connectivity index (χ3n) is 3.63. The zero-order valence-corrected chi connectivity index (χ0v) is 12.2. The number of thiocarbonyl (C=S) groups is 1. The van der Waals surface area contributed by atoms with Gasteiger partial charge >= 0.3 is 0 Å². The highest BCUT2D eigenvalue weighted by Gasteiger charge is 2.50. The van der Waals surface area contributed by atoms with Gasteiger partial charge in [-0.2, -0.15) is 0 Å². The third-order valence-corrected chi connectivity index (χ3v) is 5.94. The molecular weight excluding hydrogens is 260 g/mol. The number of ether oxygens (including phenoxy) is 1. The molecule has 0 aromatic carbocycles. The molecule has 1 saturated carbocycles. The largest absolute Gasteiger partial charge is 0.392 e. The molecule has 0 amide bonds. The van der Waals surface area contributed by atoms with E-state index in [0.717, 1.165) is 0 Å². The van der Waals surface area contributed by atoms with Crippen LogP contribution in [0.1, 0.15) is 27.2 Å². The SMILES string of the molecule is COC1CC(NS(=O)(=O)C(C)C(N)=S)C1(C)C. The highest BCUT2D eigenvalue weighted by molar-refractivity contribution is 7.93. The minimum Gasteiger partial charge on any atom is -0.392 e. The van der Waals surface area contributed by atoms with Crippen LogP contribution in [0.15, 0.2) is 0 Å². The van der Waals surface area contributed by atoms with E-state index < -0.39 is 15.3 Å². The third kappa shape index (κ3) is 2.78. The van der Waals surface area contributed by atoms with Crippen LogP contribution in [0, 0.1) is 5.41 Å². The minimum absolute atomic E-state index is 0.0158. The van der Waals surface area contributed by atoms with Crippen LogP contribution in [-0.2, 0) is 14.8 Å². The highest BCUT2D eigenvalue weighted by atomic mass is 32.2. The van der Waals surface area contributed by atoms with Gasteiger partial charge in [-0.25, -0.2) is 13.1 Å². The van der Waals surface area contributed by atoms with Gasteiger partial charge in [-0.15, -0.1) is 0 Å². The van der Waals surface area contributed by atoms with Crippen molar-refractivity contribution in [2.24, 2.45) is 11.1 Å². The van der Waals surface area contributed by atoms with Gasteiger partial charge in [-0.1, -0.05) is 26.1 Å². The molecule has 0 heterocycles. The van der Waals surface area contributed by atoms with Crippen LogP contribution in [0.25, 0.3) is 0 Å². The van der Waals surface area contributed by atoms with E-state index in [2.05, 4.69) is 4.72 Å². The summed E-state index contributed by atoms with van der Waals surface area (Å²) in [6.07, 6.45) is 0.752. The Kier molecular flexibility index (Phi) is 4.18. The van der Waals surface area contributed by atoms with Crippen molar-refractivity contribution in [3.63, 3.8) is 0 Å². The van der Waals surface area contributed by atoms with E-state index in [1.165, 1.54) is 6.92 Å². The maximum atomic E-state index is 11.9. The van der Waals surface area contributed by atoms with E-state index >= 15 is 0 Å². The molecule has 3 N–H and O–H groups in total. The van der Waals surface area contributed by atoms with Crippen molar-refractivity contribution in [3.8, 4) is 0 Å².